The van der Waals surface area contributed by atoms with Gasteiger partial charge in [-0.1, -0.05) is 17.4 Å². The molecule has 1 aliphatic heterocycles. The van der Waals surface area contributed by atoms with E-state index in [4.69, 9.17) is 9.47 Å². The van der Waals surface area contributed by atoms with E-state index in [9.17, 15) is 21.6 Å². The van der Waals surface area contributed by atoms with Gasteiger partial charge in [0, 0.05) is 53.1 Å². The summed E-state index contributed by atoms with van der Waals surface area (Å²) in [6.07, 6.45) is -0.304. The van der Waals surface area contributed by atoms with E-state index in [2.05, 4.69) is 15.0 Å². The Bertz CT molecular complexity index is 1530. The maximum Gasteiger partial charge on any atom is 0.416 e. The first-order valence-corrected chi connectivity index (χ1v) is 13.5. The van der Waals surface area contributed by atoms with E-state index >= 15 is 0 Å². The Morgan fingerprint density at radius 2 is 1.89 bits per heavy atom. The van der Waals surface area contributed by atoms with Crippen LogP contribution in [0.3, 0.4) is 0 Å². The fourth-order valence-electron chi connectivity index (χ4n) is 3.85. The van der Waals surface area contributed by atoms with E-state index < -0.39 is 27.9 Å². The molecule has 3 heterocycles. The van der Waals surface area contributed by atoms with Gasteiger partial charge in [-0.25, -0.2) is 9.97 Å². The fraction of sp³-hybridized carbons (Fsp3) is 0.208. The van der Waals surface area contributed by atoms with Crippen molar-refractivity contribution in [2.45, 2.75) is 30.5 Å². The van der Waals surface area contributed by atoms with E-state index in [1.807, 2.05) is 0 Å². The predicted octanol–water partition coefficient (Wildman–Crippen LogP) is 4.41. The van der Waals surface area contributed by atoms with Crippen molar-refractivity contribution in [1.82, 2.24) is 15.0 Å². The van der Waals surface area contributed by atoms with Crippen molar-refractivity contribution in [3.05, 3.63) is 77.3 Å². The molecule has 37 heavy (non-hydrogen) atoms. The van der Waals surface area contributed by atoms with E-state index in [0.717, 1.165) is 16.9 Å². The molecule has 1 atom stereocenters. The average Bonchev–Trinajstić information content (AvgIpc) is 3.36. The highest BCUT2D eigenvalue weighted by Crippen LogP contribution is 2.41. The number of alkyl halides is 3. The number of thiazole rings is 1. The third kappa shape index (κ3) is 5.43. The van der Waals surface area contributed by atoms with Gasteiger partial charge >= 0.3 is 16.2 Å². The lowest BCUT2D eigenvalue weighted by atomic mass is 10.0. The summed E-state index contributed by atoms with van der Waals surface area (Å²) >= 11 is 1.20. The van der Waals surface area contributed by atoms with Gasteiger partial charge in [-0.15, -0.1) is 0 Å². The molecule has 192 valence electrons. The van der Waals surface area contributed by atoms with Gasteiger partial charge in [-0.2, -0.15) is 31.3 Å². The van der Waals surface area contributed by atoms with Crippen molar-refractivity contribution < 1.29 is 35.8 Å². The first-order chi connectivity index (χ1) is 17.6. The monoisotopic (exact) mass is 549 g/mol. The normalized spacial score (nSPS) is 15.6. The Hall–Kier alpha value is -3.55. The number of quaternary nitrogens is 1. The summed E-state index contributed by atoms with van der Waals surface area (Å²) in [5.41, 5.74) is 0.331. The molecule has 1 aliphatic rings. The Balaban J connectivity index is 1.47. The molecule has 0 saturated heterocycles. The summed E-state index contributed by atoms with van der Waals surface area (Å²) in [5.74, 6) is 1.03. The first-order valence-electron chi connectivity index (χ1n) is 11.0. The lowest BCUT2D eigenvalue weighted by molar-refractivity contribution is -0.397. The summed E-state index contributed by atoms with van der Waals surface area (Å²) in [6, 6.07) is 7.71. The van der Waals surface area contributed by atoms with Crippen molar-refractivity contribution in [2.24, 2.45) is 0 Å². The fourth-order valence-corrected chi connectivity index (χ4v) is 5.83. The molecule has 0 aliphatic carbocycles. The molecule has 8 nitrogen and oxygen atoms in total. The predicted molar refractivity (Wildman–Crippen MR) is 128 cm³/mol. The highest BCUT2D eigenvalue weighted by molar-refractivity contribution is 7.85. The summed E-state index contributed by atoms with van der Waals surface area (Å²) in [6.45, 7) is 1.91. The number of nitrogens with two attached hydrogens (primary N) is 1. The molecule has 0 radical (unpaired) electrons. The second-order valence-corrected chi connectivity index (χ2v) is 10.9. The molecule has 2 aromatic heterocycles. The number of benzene rings is 2. The van der Waals surface area contributed by atoms with Crippen LogP contribution in [0.5, 0.6) is 11.5 Å². The van der Waals surface area contributed by atoms with Gasteiger partial charge in [0.15, 0.2) is 0 Å². The van der Waals surface area contributed by atoms with Crippen LogP contribution >= 0.6 is 11.3 Å². The topological polar surface area (TPSA) is 108 Å². The molecule has 0 bridgehead atoms. The van der Waals surface area contributed by atoms with E-state index in [-0.39, 0.29) is 22.8 Å². The zero-order chi connectivity index (χ0) is 26.2. The molecule has 4 aromatic rings. The van der Waals surface area contributed by atoms with Crippen molar-refractivity contribution >= 4 is 26.5 Å². The minimum Gasteiger partial charge on any atom is -0.493 e. The third-order valence-electron chi connectivity index (χ3n) is 5.67. The Labute approximate surface area is 214 Å². The van der Waals surface area contributed by atoms with Gasteiger partial charge in [0.2, 0.25) is 0 Å². The van der Waals surface area contributed by atoms with Crippen molar-refractivity contribution in [3.8, 4) is 22.6 Å². The SMILES string of the molecule is Cc1ncc(-c2cc(C(F)(F)F)ccc2O[C@@H]2CCOc3cc(S(=O)(=O)[NH2+]c4nccs4)ccc32)cn1. The van der Waals surface area contributed by atoms with Crippen molar-refractivity contribution in [1.29, 1.82) is 0 Å². The second-order valence-electron chi connectivity index (χ2n) is 8.20. The smallest absolute Gasteiger partial charge is 0.416 e. The number of nitrogens with zero attached hydrogens (tertiary/aromatic N) is 3. The number of fused-ring (bicyclic) bond motifs is 1. The van der Waals surface area contributed by atoms with Crippen LogP contribution < -0.4 is 14.2 Å². The zero-order valence-electron chi connectivity index (χ0n) is 19.3. The number of ether oxygens (including phenoxy) is 2. The van der Waals surface area contributed by atoms with E-state index in [0.29, 0.717) is 34.3 Å². The third-order valence-corrected chi connectivity index (χ3v) is 7.99. The van der Waals surface area contributed by atoms with Gasteiger partial charge in [0.05, 0.1) is 12.2 Å². The molecular formula is C24H20F3N4O4S2+. The second kappa shape index (κ2) is 9.72. The van der Waals surface area contributed by atoms with E-state index in [1.54, 1.807) is 18.4 Å². The molecule has 13 heteroatoms. The quantitative estimate of drug-likeness (QED) is 0.380. The number of hydrogen-bond donors (Lipinski definition) is 1. The van der Waals surface area contributed by atoms with Crippen LogP contribution in [0.2, 0.25) is 0 Å². The van der Waals surface area contributed by atoms with Crippen LogP contribution in [-0.2, 0) is 16.2 Å². The Morgan fingerprint density at radius 1 is 1.11 bits per heavy atom. The van der Waals surface area contributed by atoms with Gasteiger partial charge in [-0.05, 0) is 31.2 Å². The lowest BCUT2D eigenvalue weighted by Crippen LogP contribution is -2.81. The minimum atomic E-state index is -4.54. The highest BCUT2D eigenvalue weighted by Gasteiger charge is 2.33. The summed E-state index contributed by atoms with van der Waals surface area (Å²) in [5, 5.41) is 2.03. The number of aryl methyl sites for hydroxylation is 1. The van der Waals surface area contributed by atoms with Crippen LogP contribution in [-0.4, -0.2) is 30.0 Å². The molecule has 0 spiro atoms. The summed E-state index contributed by atoms with van der Waals surface area (Å²) in [4.78, 5) is 12.2. The molecule has 0 saturated carbocycles. The Kier molecular flexibility index (Phi) is 6.60. The molecule has 2 N–H and O–H groups in total. The van der Waals surface area contributed by atoms with Crippen LogP contribution in [0.25, 0.3) is 11.1 Å². The number of aromatic nitrogens is 3. The number of sulfonamides is 1. The molecular weight excluding hydrogens is 529 g/mol. The summed E-state index contributed by atoms with van der Waals surface area (Å²) in [7, 11) is -3.78. The maximum atomic E-state index is 13.4. The Morgan fingerprint density at radius 3 is 2.59 bits per heavy atom. The number of primary sulfonamides is 1. The standard InChI is InChI=1S/C24H19F3N4O4S2/c1-14-29-12-15(13-30-14)19-10-16(24(25,26)27)2-5-20(19)35-21-6-8-34-22-11-17(3-4-18(21)22)37(32,33)31-23-28-7-9-36-23/h2-5,7,9-13,21H,6,8H2,1H3,(H,28,31)/p+1/t21-/m1/s1. The number of rotatable bonds is 6. The minimum absolute atomic E-state index is 0.0362. The molecule has 0 unspecified atom stereocenters. The largest absolute Gasteiger partial charge is 0.493 e. The van der Waals surface area contributed by atoms with Gasteiger partial charge in [0.1, 0.15) is 28.3 Å². The van der Waals surface area contributed by atoms with Crippen LogP contribution in [0, 0.1) is 6.92 Å². The summed E-state index contributed by atoms with van der Waals surface area (Å²) < 4.78 is 79.0. The van der Waals surface area contributed by atoms with E-state index in [1.165, 1.54) is 48.1 Å². The van der Waals surface area contributed by atoms with Crippen molar-refractivity contribution in [2.75, 3.05) is 6.61 Å². The van der Waals surface area contributed by atoms with Gasteiger partial charge in [-0.3, -0.25) is 0 Å². The highest BCUT2D eigenvalue weighted by atomic mass is 32.2. The molecule has 2 aromatic carbocycles. The van der Waals surface area contributed by atoms with Crippen LogP contribution in [0.4, 0.5) is 18.3 Å². The lowest BCUT2D eigenvalue weighted by Gasteiger charge is -2.28. The molecule has 0 amide bonds. The van der Waals surface area contributed by atoms with Gasteiger partial charge < -0.3 is 9.47 Å². The number of halogens is 3. The average molecular weight is 550 g/mol. The maximum absolute atomic E-state index is 13.4. The molecule has 0 fully saturated rings. The molecule has 5 rings (SSSR count). The van der Waals surface area contributed by atoms with Crippen molar-refractivity contribution in [3.63, 3.8) is 0 Å². The first kappa shape index (κ1) is 25.1. The van der Waals surface area contributed by atoms with Gasteiger partial charge in [0.25, 0.3) is 5.13 Å². The number of hydrogen-bond acceptors (Lipinski definition) is 8. The zero-order valence-corrected chi connectivity index (χ0v) is 20.9. The van der Waals surface area contributed by atoms with Crippen LogP contribution in [0.1, 0.15) is 29.5 Å². The van der Waals surface area contributed by atoms with Crippen LogP contribution in [0.15, 0.2) is 65.3 Å².